The Kier molecular flexibility index (Phi) is 11.9. The first-order chi connectivity index (χ1) is 12.7. The maximum absolute atomic E-state index is 4.43. The Morgan fingerprint density at radius 1 is 1.07 bits per heavy atom. The minimum atomic E-state index is 0. The Bertz CT molecular complexity index is 555. The SMILES string of the molecule is CCCCN(C)C(=NC)NCc1ccccc1CN1CCN(CC)CC1.I. The summed E-state index contributed by atoms with van der Waals surface area (Å²) in [5, 5.41) is 3.54. The molecule has 154 valence electrons. The summed E-state index contributed by atoms with van der Waals surface area (Å²) >= 11 is 0. The number of hydrogen-bond donors (Lipinski definition) is 1. The third-order valence-electron chi connectivity index (χ3n) is 5.28. The van der Waals surface area contributed by atoms with Crippen LogP contribution in [-0.4, -0.2) is 74.0 Å². The monoisotopic (exact) mass is 487 g/mol. The molecule has 0 spiro atoms. The molecule has 6 heteroatoms. The molecule has 1 fully saturated rings. The van der Waals surface area contributed by atoms with Crippen molar-refractivity contribution in [3.05, 3.63) is 35.4 Å². The van der Waals surface area contributed by atoms with Gasteiger partial charge < -0.3 is 15.1 Å². The van der Waals surface area contributed by atoms with Crippen LogP contribution in [0.15, 0.2) is 29.3 Å². The van der Waals surface area contributed by atoms with Gasteiger partial charge in [0.25, 0.3) is 0 Å². The zero-order valence-corrected chi connectivity index (χ0v) is 19.9. The molecule has 1 aromatic carbocycles. The van der Waals surface area contributed by atoms with E-state index >= 15 is 0 Å². The molecule has 1 aromatic rings. The van der Waals surface area contributed by atoms with Crippen molar-refractivity contribution in [2.24, 2.45) is 4.99 Å². The van der Waals surface area contributed by atoms with Crippen LogP contribution in [0.25, 0.3) is 0 Å². The van der Waals surface area contributed by atoms with Crippen molar-refractivity contribution in [1.29, 1.82) is 0 Å². The molecule has 0 amide bonds. The van der Waals surface area contributed by atoms with Crippen LogP contribution in [0, 0.1) is 0 Å². The molecule has 1 aliphatic heterocycles. The highest BCUT2D eigenvalue weighted by molar-refractivity contribution is 14.0. The second-order valence-corrected chi connectivity index (χ2v) is 7.15. The topological polar surface area (TPSA) is 34.1 Å². The number of hydrogen-bond acceptors (Lipinski definition) is 3. The Morgan fingerprint density at radius 3 is 2.30 bits per heavy atom. The summed E-state index contributed by atoms with van der Waals surface area (Å²) in [6.07, 6.45) is 2.40. The average Bonchev–Trinajstić information content (AvgIpc) is 2.68. The van der Waals surface area contributed by atoms with Gasteiger partial charge in [-0.15, -0.1) is 24.0 Å². The number of halogens is 1. The number of unbranched alkanes of at least 4 members (excludes halogenated alkanes) is 1. The van der Waals surface area contributed by atoms with Crippen molar-refractivity contribution < 1.29 is 0 Å². The molecule has 1 heterocycles. The first-order valence-electron chi connectivity index (χ1n) is 10.1. The quantitative estimate of drug-likeness (QED) is 0.347. The highest BCUT2D eigenvalue weighted by Crippen LogP contribution is 2.13. The molecule has 1 N–H and O–H groups in total. The van der Waals surface area contributed by atoms with E-state index in [1.165, 1.54) is 43.6 Å². The molecule has 0 unspecified atom stereocenters. The van der Waals surface area contributed by atoms with Gasteiger partial charge in [0.2, 0.25) is 0 Å². The molecule has 0 aliphatic carbocycles. The van der Waals surface area contributed by atoms with Crippen molar-refractivity contribution in [2.45, 2.75) is 39.8 Å². The minimum absolute atomic E-state index is 0. The number of nitrogens with zero attached hydrogens (tertiary/aromatic N) is 4. The number of likely N-dealkylation sites (N-methyl/N-ethyl adjacent to an activating group) is 1. The maximum Gasteiger partial charge on any atom is 0.193 e. The van der Waals surface area contributed by atoms with E-state index in [1.54, 1.807) is 0 Å². The van der Waals surface area contributed by atoms with Crippen molar-refractivity contribution in [1.82, 2.24) is 20.0 Å². The van der Waals surface area contributed by atoms with Gasteiger partial charge in [-0.1, -0.05) is 44.5 Å². The maximum atomic E-state index is 4.43. The van der Waals surface area contributed by atoms with Gasteiger partial charge >= 0.3 is 0 Å². The van der Waals surface area contributed by atoms with Crippen molar-refractivity contribution >= 4 is 29.9 Å². The molecule has 0 saturated carbocycles. The summed E-state index contributed by atoms with van der Waals surface area (Å²) in [6, 6.07) is 8.80. The van der Waals surface area contributed by atoms with Gasteiger partial charge in [-0.2, -0.15) is 0 Å². The van der Waals surface area contributed by atoms with Gasteiger partial charge in [0.15, 0.2) is 5.96 Å². The van der Waals surface area contributed by atoms with Crippen LogP contribution in [0.1, 0.15) is 37.8 Å². The first kappa shape index (κ1) is 24.2. The molecule has 2 rings (SSSR count). The summed E-state index contributed by atoms with van der Waals surface area (Å²) in [6.45, 7) is 13.2. The summed E-state index contributed by atoms with van der Waals surface area (Å²) < 4.78 is 0. The summed E-state index contributed by atoms with van der Waals surface area (Å²) in [5.41, 5.74) is 2.80. The molecule has 0 atom stereocenters. The van der Waals surface area contributed by atoms with Gasteiger partial charge in [-0.3, -0.25) is 9.89 Å². The smallest absolute Gasteiger partial charge is 0.193 e. The Balaban J connectivity index is 0.00000364. The largest absolute Gasteiger partial charge is 0.352 e. The standard InChI is InChI=1S/C21H37N5.HI/c1-5-7-12-24(4)21(22-3)23-17-19-10-8-9-11-20(19)18-26-15-13-25(6-2)14-16-26;/h8-11H,5-7,12-18H2,1-4H3,(H,22,23);1H. The van der Waals surface area contributed by atoms with Crippen LogP contribution in [-0.2, 0) is 13.1 Å². The predicted octanol–water partition coefficient (Wildman–Crippen LogP) is 3.25. The number of aliphatic imine (C=N–C) groups is 1. The van der Waals surface area contributed by atoms with E-state index in [-0.39, 0.29) is 24.0 Å². The van der Waals surface area contributed by atoms with Gasteiger partial charge in [-0.05, 0) is 24.1 Å². The van der Waals surface area contributed by atoms with E-state index in [0.717, 1.165) is 38.7 Å². The number of guanidine groups is 1. The second-order valence-electron chi connectivity index (χ2n) is 7.15. The summed E-state index contributed by atoms with van der Waals surface area (Å²) in [5.74, 6) is 0.977. The third kappa shape index (κ3) is 7.95. The lowest BCUT2D eigenvalue weighted by molar-refractivity contribution is 0.131. The highest BCUT2D eigenvalue weighted by Gasteiger charge is 2.16. The minimum Gasteiger partial charge on any atom is -0.352 e. The molecule has 27 heavy (non-hydrogen) atoms. The lowest BCUT2D eigenvalue weighted by Crippen LogP contribution is -2.45. The van der Waals surface area contributed by atoms with E-state index in [2.05, 4.69) is 70.2 Å². The van der Waals surface area contributed by atoms with Crippen molar-refractivity contribution in [2.75, 3.05) is 53.4 Å². The van der Waals surface area contributed by atoms with Crippen LogP contribution >= 0.6 is 24.0 Å². The molecule has 0 aromatic heterocycles. The fourth-order valence-electron chi connectivity index (χ4n) is 3.45. The Morgan fingerprint density at radius 2 is 1.70 bits per heavy atom. The summed E-state index contributed by atoms with van der Waals surface area (Å²) in [7, 11) is 3.98. The average molecular weight is 487 g/mol. The second kappa shape index (κ2) is 13.3. The van der Waals surface area contributed by atoms with Crippen LogP contribution in [0.5, 0.6) is 0 Å². The first-order valence-corrected chi connectivity index (χ1v) is 10.1. The van der Waals surface area contributed by atoms with Gasteiger partial charge in [0, 0.05) is 59.9 Å². The van der Waals surface area contributed by atoms with E-state index in [0.29, 0.717) is 0 Å². The number of benzene rings is 1. The molecule has 0 radical (unpaired) electrons. The highest BCUT2D eigenvalue weighted by atomic mass is 127. The van der Waals surface area contributed by atoms with Crippen molar-refractivity contribution in [3.8, 4) is 0 Å². The molecular formula is C21H38IN5. The normalized spacial score (nSPS) is 16.1. The Hall–Kier alpha value is -0.860. The fourth-order valence-corrected chi connectivity index (χ4v) is 3.45. The van der Waals surface area contributed by atoms with Gasteiger partial charge in [0.1, 0.15) is 0 Å². The fraction of sp³-hybridized carbons (Fsp3) is 0.667. The van der Waals surface area contributed by atoms with Gasteiger partial charge in [0.05, 0.1) is 0 Å². The van der Waals surface area contributed by atoms with E-state index in [9.17, 15) is 0 Å². The van der Waals surface area contributed by atoms with Crippen LogP contribution < -0.4 is 5.32 Å². The molecule has 0 bridgehead atoms. The zero-order chi connectivity index (χ0) is 18.8. The number of piperazine rings is 1. The summed E-state index contributed by atoms with van der Waals surface area (Å²) in [4.78, 5) is 11.8. The zero-order valence-electron chi connectivity index (χ0n) is 17.6. The number of nitrogens with one attached hydrogen (secondary N) is 1. The molecule has 1 aliphatic rings. The van der Waals surface area contributed by atoms with Crippen LogP contribution in [0.2, 0.25) is 0 Å². The van der Waals surface area contributed by atoms with E-state index in [4.69, 9.17) is 0 Å². The van der Waals surface area contributed by atoms with Crippen LogP contribution in [0.4, 0.5) is 0 Å². The van der Waals surface area contributed by atoms with Crippen LogP contribution in [0.3, 0.4) is 0 Å². The molecular weight excluding hydrogens is 449 g/mol. The van der Waals surface area contributed by atoms with Gasteiger partial charge in [-0.25, -0.2) is 0 Å². The lowest BCUT2D eigenvalue weighted by Gasteiger charge is -2.34. The third-order valence-corrected chi connectivity index (χ3v) is 5.28. The predicted molar refractivity (Wildman–Crippen MR) is 127 cm³/mol. The Labute approximate surface area is 183 Å². The van der Waals surface area contributed by atoms with Crippen molar-refractivity contribution in [3.63, 3.8) is 0 Å². The van der Waals surface area contributed by atoms with E-state index in [1.807, 2.05) is 7.05 Å². The molecule has 5 nitrogen and oxygen atoms in total. The molecule has 1 saturated heterocycles. The lowest BCUT2D eigenvalue weighted by atomic mass is 10.1. The number of rotatable bonds is 8. The van der Waals surface area contributed by atoms with E-state index < -0.39 is 0 Å².